The third-order valence-electron chi connectivity index (χ3n) is 4.09. The summed E-state index contributed by atoms with van der Waals surface area (Å²) in [4.78, 5) is 2.62. The monoisotopic (exact) mass is 242 g/mol. The van der Waals surface area contributed by atoms with E-state index in [4.69, 9.17) is 0 Å². The highest BCUT2D eigenvalue weighted by molar-refractivity contribution is 8.00. The number of likely N-dealkylation sites (tertiary alicyclic amines) is 1. The molecule has 3 heteroatoms. The van der Waals surface area contributed by atoms with Crippen LogP contribution in [0.2, 0.25) is 0 Å². The van der Waals surface area contributed by atoms with Gasteiger partial charge in [-0.3, -0.25) is 0 Å². The van der Waals surface area contributed by atoms with Gasteiger partial charge in [-0.2, -0.15) is 11.8 Å². The highest BCUT2D eigenvalue weighted by Gasteiger charge is 2.23. The third-order valence-corrected chi connectivity index (χ3v) is 5.41. The molecule has 2 fully saturated rings. The lowest BCUT2D eigenvalue weighted by Gasteiger charge is -2.30. The van der Waals surface area contributed by atoms with E-state index in [-0.39, 0.29) is 0 Å². The molecule has 1 N–H and O–H groups in total. The molecule has 2 atom stereocenters. The normalized spacial score (nSPS) is 33.4. The number of hydrogen-bond acceptors (Lipinski definition) is 3. The van der Waals surface area contributed by atoms with Crippen LogP contribution >= 0.6 is 11.8 Å². The molecule has 0 saturated carbocycles. The fourth-order valence-corrected chi connectivity index (χ4v) is 3.92. The molecule has 16 heavy (non-hydrogen) atoms. The van der Waals surface area contributed by atoms with Crippen molar-refractivity contribution in [2.24, 2.45) is 5.92 Å². The predicted octanol–water partition coefficient (Wildman–Crippen LogP) is 2.20. The van der Waals surface area contributed by atoms with Crippen LogP contribution in [0.15, 0.2) is 0 Å². The van der Waals surface area contributed by atoms with Gasteiger partial charge in [0.25, 0.3) is 0 Å². The second-order valence-electron chi connectivity index (χ2n) is 5.45. The van der Waals surface area contributed by atoms with E-state index in [1.54, 1.807) is 0 Å². The van der Waals surface area contributed by atoms with Crippen LogP contribution in [0.5, 0.6) is 0 Å². The van der Waals surface area contributed by atoms with Gasteiger partial charge in [0.05, 0.1) is 0 Å². The van der Waals surface area contributed by atoms with Crippen LogP contribution in [0.1, 0.15) is 33.1 Å². The van der Waals surface area contributed by atoms with E-state index in [2.05, 4.69) is 35.8 Å². The van der Waals surface area contributed by atoms with E-state index in [0.717, 1.165) is 17.2 Å². The maximum atomic E-state index is 3.73. The van der Waals surface area contributed by atoms with Crippen LogP contribution < -0.4 is 5.32 Å². The molecule has 0 aromatic heterocycles. The van der Waals surface area contributed by atoms with Gasteiger partial charge in [0.15, 0.2) is 0 Å². The molecular weight excluding hydrogens is 216 g/mol. The number of piperidine rings is 1. The van der Waals surface area contributed by atoms with Gasteiger partial charge in [0.1, 0.15) is 0 Å². The Labute approximate surface area is 105 Å². The molecule has 0 aliphatic carbocycles. The van der Waals surface area contributed by atoms with Crippen molar-refractivity contribution in [3.8, 4) is 0 Å². The number of thioether (sulfide) groups is 1. The Bertz CT molecular complexity index is 202. The van der Waals surface area contributed by atoms with Gasteiger partial charge in [0, 0.05) is 24.4 Å². The maximum absolute atomic E-state index is 3.73. The van der Waals surface area contributed by atoms with E-state index in [0.29, 0.717) is 0 Å². The van der Waals surface area contributed by atoms with Crippen LogP contribution in [-0.4, -0.2) is 48.1 Å². The van der Waals surface area contributed by atoms with E-state index in [9.17, 15) is 0 Å². The first-order valence-corrected chi connectivity index (χ1v) is 7.88. The first-order valence-electron chi connectivity index (χ1n) is 6.83. The third kappa shape index (κ3) is 3.64. The van der Waals surface area contributed by atoms with Gasteiger partial charge in [-0.05, 0) is 44.0 Å². The summed E-state index contributed by atoms with van der Waals surface area (Å²) in [6, 6.07) is 0.772. The molecular formula is C13H26N2S. The van der Waals surface area contributed by atoms with Crippen molar-refractivity contribution in [2.45, 2.75) is 44.4 Å². The molecule has 2 unspecified atom stereocenters. The minimum atomic E-state index is 0.772. The molecule has 2 nitrogen and oxygen atoms in total. The number of hydrogen-bond donors (Lipinski definition) is 1. The van der Waals surface area contributed by atoms with Crippen LogP contribution in [0, 0.1) is 5.92 Å². The van der Waals surface area contributed by atoms with Gasteiger partial charge in [-0.15, -0.1) is 0 Å². The van der Waals surface area contributed by atoms with Crippen molar-refractivity contribution in [3.05, 3.63) is 0 Å². The molecule has 0 aromatic carbocycles. The Balaban J connectivity index is 1.57. The van der Waals surface area contributed by atoms with Crippen LogP contribution in [-0.2, 0) is 0 Å². The topological polar surface area (TPSA) is 15.3 Å². The predicted molar refractivity (Wildman–Crippen MR) is 73.2 cm³/mol. The van der Waals surface area contributed by atoms with Crippen molar-refractivity contribution in [3.63, 3.8) is 0 Å². The Morgan fingerprint density at radius 2 is 1.94 bits per heavy atom. The zero-order valence-corrected chi connectivity index (χ0v) is 11.6. The quantitative estimate of drug-likeness (QED) is 0.814. The van der Waals surface area contributed by atoms with Crippen molar-refractivity contribution in [1.29, 1.82) is 0 Å². The minimum Gasteiger partial charge on any atom is -0.312 e. The Kier molecular flexibility index (Phi) is 4.98. The van der Waals surface area contributed by atoms with Gasteiger partial charge in [-0.1, -0.05) is 13.8 Å². The van der Waals surface area contributed by atoms with E-state index in [1.165, 1.54) is 51.2 Å². The molecule has 0 bridgehead atoms. The Morgan fingerprint density at radius 1 is 1.19 bits per heavy atom. The van der Waals surface area contributed by atoms with E-state index >= 15 is 0 Å². The zero-order chi connectivity index (χ0) is 11.4. The standard InChI is InChI=1S/C13H26N2S/c1-11-3-7-15(8-4-11)9-6-14-13-5-10-16-12(13)2/h11-14H,3-10H2,1-2H3. The molecule has 2 aliphatic rings. The van der Waals surface area contributed by atoms with Crippen molar-refractivity contribution in [2.75, 3.05) is 31.9 Å². The second-order valence-corrected chi connectivity index (χ2v) is 6.93. The average molecular weight is 242 g/mol. The highest BCUT2D eigenvalue weighted by Crippen LogP contribution is 2.25. The van der Waals surface area contributed by atoms with Gasteiger partial charge in [-0.25, -0.2) is 0 Å². The lowest BCUT2D eigenvalue weighted by atomic mass is 9.99. The van der Waals surface area contributed by atoms with Gasteiger partial charge in [0.2, 0.25) is 0 Å². The first-order chi connectivity index (χ1) is 7.75. The van der Waals surface area contributed by atoms with Crippen LogP contribution in [0.25, 0.3) is 0 Å². The maximum Gasteiger partial charge on any atom is 0.0192 e. The summed E-state index contributed by atoms with van der Waals surface area (Å²) in [5, 5.41) is 4.55. The largest absolute Gasteiger partial charge is 0.312 e. The Morgan fingerprint density at radius 3 is 2.56 bits per heavy atom. The molecule has 94 valence electrons. The SMILES string of the molecule is CC1CCN(CCNC2CCSC2C)CC1. The van der Waals surface area contributed by atoms with Crippen molar-refractivity contribution < 1.29 is 0 Å². The van der Waals surface area contributed by atoms with E-state index in [1.807, 2.05) is 0 Å². The van der Waals surface area contributed by atoms with Crippen LogP contribution in [0.4, 0.5) is 0 Å². The lowest BCUT2D eigenvalue weighted by molar-refractivity contribution is 0.191. The van der Waals surface area contributed by atoms with Crippen molar-refractivity contribution >= 4 is 11.8 Å². The average Bonchev–Trinajstić information content (AvgIpc) is 2.68. The fraction of sp³-hybridized carbons (Fsp3) is 1.00. The van der Waals surface area contributed by atoms with Gasteiger partial charge >= 0.3 is 0 Å². The highest BCUT2D eigenvalue weighted by atomic mass is 32.2. The van der Waals surface area contributed by atoms with Crippen LogP contribution in [0.3, 0.4) is 0 Å². The molecule has 0 radical (unpaired) electrons. The minimum absolute atomic E-state index is 0.772. The summed E-state index contributed by atoms with van der Waals surface area (Å²) < 4.78 is 0. The molecule has 0 aromatic rings. The molecule has 2 heterocycles. The molecule has 0 amide bonds. The lowest BCUT2D eigenvalue weighted by Crippen LogP contribution is -2.41. The number of nitrogens with zero attached hydrogens (tertiary/aromatic N) is 1. The number of nitrogens with one attached hydrogen (secondary N) is 1. The summed E-state index contributed by atoms with van der Waals surface area (Å²) in [5.74, 6) is 2.30. The zero-order valence-electron chi connectivity index (χ0n) is 10.7. The smallest absolute Gasteiger partial charge is 0.0192 e. The summed E-state index contributed by atoms with van der Waals surface area (Å²) in [7, 11) is 0. The van der Waals surface area contributed by atoms with E-state index < -0.39 is 0 Å². The number of rotatable bonds is 4. The fourth-order valence-electron chi connectivity index (χ4n) is 2.69. The summed E-state index contributed by atoms with van der Waals surface area (Å²) in [5.41, 5.74) is 0. The molecule has 2 saturated heterocycles. The van der Waals surface area contributed by atoms with Gasteiger partial charge < -0.3 is 10.2 Å². The summed E-state index contributed by atoms with van der Waals surface area (Å²) in [6.45, 7) is 9.81. The van der Waals surface area contributed by atoms with Crippen molar-refractivity contribution in [1.82, 2.24) is 10.2 Å². The first kappa shape index (κ1) is 12.7. The molecule has 0 spiro atoms. The summed E-state index contributed by atoms with van der Waals surface area (Å²) in [6.07, 6.45) is 4.16. The second kappa shape index (κ2) is 6.27. The molecule has 2 aliphatic heterocycles. The Hall–Kier alpha value is 0.270. The summed E-state index contributed by atoms with van der Waals surface area (Å²) >= 11 is 2.12. The molecule has 2 rings (SSSR count).